The van der Waals surface area contributed by atoms with Crippen molar-refractivity contribution in [3.05, 3.63) is 0 Å². The third kappa shape index (κ3) is 7.02. The van der Waals surface area contributed by atoms with Gasteiger partial charge < -0.3 is 5.32 Å². The van der Waals surface area contributed by atoms with E-state index in [1.165, 1.54) is 0 Å². The van der Waals surface area contributed by atoms with E-state index in [9.17, 15) is 8.42 Å². The Morgan fingerprint density at radius 1 is 1.31 bits per heavy atom. The van der Waals surface area contributed by atoms with Crippen molar-refractivity contribution in [2.24, 2.45) is 5.92 Å². The molecule has 0 aromatic rings. The van der Waals surface area contributed by atoms with Gasteiger partial charge in [-0.2, -0.15) is 0 Å². The van der Waals surface area contributed by atoms with Crippen LogP contribution < -0.4 is 5.32 Å². The molecule has 0 rings (SSSR count). The lowest BCUT2D eigenvalue weighted by molar-refractivity contribution is 0.561. The minimum atomic E-state index is -2.83. The smallest absolute Gasteiger partial charge is 0.151 e. The van der Waals surface area contributed by atoms with Crippen LogP contribution in [0, 0.1) is 5.92 Å². The third-order valence-corrected chi connectivity index (χ3v) is 3.98. The zero-order valence-electron chi connectivity index (χ0n) is 8.84. The van der Waals surface area contributed by atoms with Crippen LogP contribution in [0.3, 0.4) is 0 Å². The first-order valence-electron chi connectivity index (χ1n) is 4.93. The molecule has 0 aromatic carbocycles. The Morgan fingerprint density at radius 2 is 1.92 bits per heavy atom. The molecular formula is C9H21NO2S. The molecule has 0 spiro atoms. The highest BCUT2D eigenvalue weighted by Crippen LogP contribution is 2.05. The van der Waals surface area contributed by atoms with Crippen LogP contribution in [0.1, 0.15) is 27.2 Å². The van der Waals surface area contributed by atoms with Gasteiger partial charge in [-0.25, -0.2) is 8.42 Å². The van der Waals surface area contributed by atoms with Crippen molar-refractivity contribution in [2.45, 2.75) is 27.2 Å². The van der Waals surface area contributed by atoms with Crippen LogP contribution in [0.5, 0.6) is 0 Å². The molecule has 1 unspecified atom stereocenters. The van der Waals surface area contributed by atoms with Crippen molar-refractivity contribution in [1.82, 2.24) is 5.32 Å². The number of hydrogen-bond acceptors (Lipinski definition) is 3. The van der Waals surface area contributed by atoms with Gasteiger partial charge >= 0.3 is 0 Å². The van der Waals surface area contributed by atoms with Crippen molar-refractivity contribution in [2.75, 3.05) is 24.6 Å². The molecule has 0 aromatic heterocycles. The summed E-state index contributed by atoms with van der Waals surface area (Å²) in [7, 11) is -2.83. The van der Waals surface area contributed by atoms with E-state index < -0.39 is 9.84 Å². The zero-order valence-corrected chi connectivity index (χ0v) is 9.65. The number of hydrogen-bond donors (Lipinski definition) is 1. The van der Waals surface area contributed by atoms with E-state index in [1.807, 2.05) is 20.8 Å². The van der Waals surface area contributed by atoms with Gasteiger partial charge in [-0.1, -0.05) is 27.2 Å². The molecule has 13 heavy (non-hydrogen) atoms. The fourth-order valence-corrected chi connectivity index (χ4v) is 2.76. The predicted octanol–water partition coefficient (Wildman–Crippen LogP) is 1.06. The van der Waals surface area contributed by atoms with Crippen molar-refractivity contribution in [3.63, 3.8) is 0 Å². The molecule has 0 radical (unpaired) electrons. The van der Waals surface area contributed by atoms with Crippen LogP contribution in [0.4, 0.5) is 0 Å². The molecule has 0 fully saturated rings. The normalized spacial score (nSPS) is 14.4. The monoisotopic (exact) mass is 207 g/mol. The average Bonchev–Trinajstić information content (AvgIpc) is 2.03. The molecule has 0 saturated carbocycles. The minimum absolute atomic E-state index is 0.269. The van der Waals surface area contributed by atoms with Gasteiger partial charge in [0.25, 0.3) is 0 Å². The molecule has 1 atom stereocenters. The first-order valence-corrected chi connectivity index (χ1v) is 6.75. The highest BCUT2D eigenvalue weighted by Gasteiger charge is 2.13. The fraction of sp³-hybridized carbons (Fsp3) is 1.00. The molecule has 4 heteroatoms. The lowest BCUT2D eigenvalue weighted by Gasteiger charge is -2.09. The Hall–Kier alpha value is -0.0900. The largest absolute Gasteiger partial charge is 0.316 e. The minimum Gasteiger partial charge on any atom is -0.316 e. The summed E-state index contributed by atoms with van der Waals surface area (Å²) in [6.07, 6.45) is 0.931. The maximum atomic E-state index is 11.4. The molecule has 1 N–H and O–H groups in total. The second-order valence-corrected chi connectivity index (χ2v) is 5.71. The summed E-state index contributed by atoms with van der Waals surface area (Å²) in [5.41, 5.74) is 0. The van der Waals surface area contributed by atoms with Crippen LogP contribution in [-0.2, 0) is 9.84 Å². The SMILES string of the molecule is CCNCCS(=O)(=O)CC(C)CC. The lowest BCUT2D eigenvalue weighted by Crippen LogP contribution is -2.25. The van der Waals surface area contributed by atoms with Crippen molar-refractivity contribution < 1.29 is 8.42 Å². The van der Waals surface area contributed by atoms with Crippen LogP contribution >= 0.6 is 0 Å². The highest BCUT2D eigenvalue weighted by molar-refractivity contribution is 7.91. The molecular weight excluding hydrogens is 186 g/mol. The molecule has 3 nitrogen and oxygen atoms in total. The van der Waals surface area contributed by atoms with E-state index in [0.29, 0.717) is 12.3 Å². The Balaban J connectivity index is 3.81. The van der Waals surface area contributed by atoms with Crippen LogP contribution in [0.25, 0.3) is 0 Å². The van der Waals surface area contributed by atoms with Gasteiger partial charge in [0.2, 0.25) is 0 Å². The summed E-state index contributed by atoms with van der Waals surface area (Å²) in [6.45, 7) is 7.38. The van der Waals surface area contributed by atoms with E-state index >= 15 is 0 Å². The lowest BCUT2D eigenvalue weighted by atomic mass is 10.2. The van der Waals surface area contributed by atoms with Crippen LogP contribution in [-0.4, -0.2) is 33.0 Å². The number of rotatable bonds is 7. The molecule has 0 saturated heterocycles. The molecule has 0 aliphatic rings. The molecule has 0 amide bonds. The third-order valence-electron chi connectivity index (χ3n) is 2.08. The van der Waals surface area contributed by atoms with E-state index in [-0.39, 0.29) is 11.7 Å². The first-order chi connectivity index (χ1) is 6.02. The van der Waals surface area contributed by atoms with Crippen LogP contribution in [0.2, 0.25) is 0 Å². The molecule has 0 bridgehead atoms. The summed E-state index contributed by atoms with van der Waals surface area (Å²) in [6, 6.07) is 0. The second-order valence-electron chi connectivity index (χ2n) is 3.48. The van der Waals surface area contributed by atoms with Gasteiger partial charge in [0.1, 0.15) is 0 Å². The Kier molecular flexibility index (Phi) is 6.33. The van der Waals surface area contributed by atoms with Gasteiger partial charge in [0, 0.05) is 6.54 Å². The van der Waals surface area contributed by atoms with Gasteiger partial charge in [-0.3, -0.25) is 0 Å². The van der Waals surface area contributed by atoms with E-state index in [1.54, 1.807) is 0 Å². The van der Waals surface area contributed by atoms with E-state index in [4.69, 9.17) is 0 Å². The Morgan fingerprint density at radius 3 is 2.38 bits per heavy atom. The molecule has 0 aliphatic heterocycles. The van der Waals surface area contributed by atoms with Gasteiger partial charge in [0.05, 0.1) is 11.5 Å². The Labute approximate surface area is 81.8 Å². The maximum absolute atomic E-state index is 11.4. The summed E-state index contributed by atoms with van der Waals surface area (Å²) in [5, 5.41) is 3.02. The molecule has 80 valence electrons. The van der Waals surface area contributed by atoms with Crippen molar-refractivity contribution in [1.29, 1.82) is 0 Å². The van der Waals surface area contributed by atoms with Crippen molar-refractivity contribution in [3.8, 4) is 0 Å². The van der Waals surface area contributed by atoms with Gasteiger partial charge in [-0.15, -0.1) is 0 Å². The number of nitrogens with one attached hydrogen (secondary N) is 1. The zero-order chi connectivity index (χ0) is 10.3. The van der Waals surface area contributed by atoms with Crippen LogP contribution in [0.15, 0.2) is 0 Å². The number of sulfone groups is 1. The Bertz CT molecular complexity index is 212. The fourth-order valence-electron chi connectivity index (χ4n) is 1.04. The summed E-state index contributed by atoms with van der Waals surface area (Å²) < 4.78 is 22.9. The van der Waals surface area contributed by atoms with Crippen molar-refractivity contribution >= 4 is 9.84 Å². The highest BCUT2D eigenvalue weighted by atomic mass is 32.2. The molecule has 0 heterocycles. The van der Waals surface area contributed by atoms with Gasteiger partial charge in [0.15, 0.2) is 9.84 Å². The van der Waals surface area contributed by atoms with E-state index in [2.05, 4.69) is 5.32 Å². The summed E-state index contributed by atoms with van der Waals surface area (Å²) in [4.78, 5) is 0. The van der Waals surface area contributed by atoms with E-state index in [0.717, 1.165) is 13.0 Å². The quantitative estimate of drug-likeness (QED) is 0.635. The van der Waals surface area contributed by atoms with Gasteiger partial charge in [-0.05, 0) is 12.5 Å². The standard InChI is InChI=1S/C9H21NO2S/c1-4-9(3)8-13(11,12)7-6-10-5-2/h9-10H,4-8H2,1-3H3. The molecule has 0 aliphatic carbocycles. The first kappa shape index (κ1) is 12.9. The average molecular weight is 207 g/mol. The topological polar surface area (TPSA) is 46.2 Å². The maximum Gasteiger partial charge on any atom is 0.151 e. The predicted molar refractivity (Wildman–Crippen MR) is 56.7 cm³/mol. The second kappa shape index (κ2) is 6.38. The summed E-state index contributed by atoms with van der Waals surface area (Å²) >= 11 is 0. The summed E-state index contributed by atoms with van der Waals surface area (Å²) in [5.74, 6) is 0.881.